The number of nitrogens with zero attached hydrogens (tertiary/aromatic N) is 3. The maximum absolute atomic E-state index is 11.9. The van der Waals surface area contributed by atoms with E-state index >= 15 is 0 Å². The highest BCUT2D eigenvalue weighted by atomic mass is 32.2. The molecule has 0 spiro atoms. The predicted octanol–water partition coefficient (Wildman–Crippen LogP) is 0.229. The topological polar surface area (TPSA) is 103 Å². The number of nitrogen functional groups attached to an aromatic ring is 1. The van der Waals surface area contributed by atoms with Gasteiger partial charge in [0.1, 0.15) is 5.82 Å². The lowest BCUT2D eigenvalue weighted by molar-refractivity contribution is 0.569. The van der Waals surface area contributed by atoms with Crippen LogP contribution in [-0.2, 0) is 16.6 Å². The molecule has 102 valence electrons. The van der Waals surface area contributed by atoms with E-state index in [2.05, 4.69) is 14.7 Å². The van der Waals surface area contributed by atoms with E-state index < -0.39 is 10.0 Å². The fourth-order valence-corrected chi connectivity index (χ4v) is 2.66. The number of anilines is 1. The molecular formula is C11H15N5O2S. The molecule has 3 N–H and O–H groups in total. The Bertz CT molecular complexity index is 624. The molecule has 0 saturated heterocycles. The molecule has 0 aliphatic rings. The first kappa shape index (κ1) is 13.5. The first-order valence-electron chi connectivity index (χ1n) is 5.75. The van der Waals surface area contributed by atoms with Gasteiger partial charge in [-0.15, -0.1) is 0 Å². The summed E-state index contributed by atoms with van der Waals surface area (Å²) >= 11 is 0. The van der Waals surface area contributed by atoms with Crippen molar-refractivity contribution in [1.82, 2.24) is 19.3 Å². The van der Waals surface area contributed by atoms with Gasteiger partial charge in [-0.3, -0.25) is 0 Å². The van der Waals surface area contributed by atoms with Crippen LogP contribution in [0.2, 0.25) is 0 Å². The number of nitrogens with one attached hydrogen (secondary N) is 1. The van der Waals surface area contributed by atoms with Gasteiger partial charge in [0.2, 0.25) is 10.0 Å². The molecule has 2 heterocycles. The van der Waals surface area contributed by atoms with Gasteiger partial charge in [0.05, 0.1) is 11.2 Å². The van der Waals surface area contributed by atoms with Crippen LogP contribution in [0.15, 0.2) is 41.9 Å². The number of aromatic nitrogens is 3. The molecule has 0 atom stereocenters. The SMILES string of the molecule is Nc1cc(S(=O)(=O)NCCCn2ccnc2)ccn1. The van der Waals surface area contributed by atoms with Gasteiger partial charge >= 0.3 is 0 Å². The zero-order valence-electron chi connectivity index (χ0n) is 10.2. The number of hydrogen-bond donors (Lipinski definition) is 2. The summed E-state index contributed by atoms with van der Waals surface area (Å²) in [5.41, 5.74) is 5.46. The predicted molar refractivity (Wildman–Crippen MR) is 70.7 cm³/mol. The van der Waals surface area contributed by atoms with Gasteiger partial charge in [-0.2, -0.15) is 0 Å². The van der Waals surface area contributed by atoms with E-state index in [-0.39, 0.29) is 10.7 Å². The van der Waals surface area contributed by atoms with Crippen molar-refractivity contribution in [3.63, 3.8) is 0 Å². The average Bonchev–Trinajstić information content (AvgIpc) is 2.88. The van der Waals surface area contributed by atoms with E-state index in [1.807, 2.05) is 10.8 Å². The van der Waals surface area contributed by atoms with Crippen molar-refractivity contribution in [3.05, 3.63) is 37.1 Å². The van der Waals surface area contributed by atoms with E-state index in [1.54, 1.807) is 12.5 Å². The molecule has 0 unspecified atom stereocenters. The van der Waals surface area contributed by atoms with Gasteiger partial charge in [-0.05, 0) is 12.5 Å². The van der Waals surface area contributed by atoms with Gasteiger partial charge < -0.3 is 10.3 Å². The van der Waals surface area contributed by atoms with Gasteiger partial charge in [-0.25, -0.2) is 23.1 Å². The van der Waals surface area contributed by atoms with Crippen molar-refractivity contribution in [2.45, 2.75) is 17.9 Å². The fourth-order valence-electron chi connectivity index (χ4n) is 1.57. The summed E-state index contributed by atoms with van der Waals surface area (Å²) in [6, 6.07) is 2.74. The van der Waals surface area contributed by atoms with Crippen LogP contribution in [0.25, 0.3) is 0 Å². The van der Waals surface area contributed by atoms with Crippen LogP contribution < -0.4 is 10.5 Å². The normalized spacial score (nSPS) is 11.6. The van der Waals surface area contributed by atoms with Crippen LogP contribution in [-0.4, -0.2) is 29.5 Å². The standard InChI is InChI=1S/C11H15N5O2S/c12-11-8-10(2-4-14-11)19(17,18)15-3-1-6-16-7-5-13-9-16/h2,4-5,7-9,15H,1,3,6H2,(H2,12,14). The molecule has 2 aromatic heterocycles. The van der Waals surface area contributed by atoms with Crippen LogP contribution in [0.3, 0.4) is 0 Å². The molecule has 7 nitrogen and oxygen atoms in total. The molecule has 0 fully saturated rings. The smallest absolute Gasteiger partial charge is 0.240 e. The molecule has 0 bridgehead atoms. The van der Waals surface area contributed by atoms with Crippen molar-refractivity contribution < 1.29 is 8.42 Å². The van der Waals surface area contributed by atoms with Crippen molar-refractivity contribution in [1.29, 1.82) is 0 Å². The first-order valence-corrected chi connectivity index (χ1v) is 7.23. The first-order chi connectivity index (χ1) is 9.08. The van der Waals surface area contributed by atoms with E-state index in [0.717, 1.165) is 0 Å². The molecule has 0 aliphatic heterocycles. The number of pyridine rings is 1. The minimum atomic E-state index is -3.52. The Morgan fingerprint density at radius 2 is 2.21 bits per heavy atom. The Labute approximate surface area is 111 Å². The van der Waals surface area contributed by atoms with Gasteiger partial charge in [0, 0.05) is 37.7 Å². The monoisotopic (exact) mass is 281 g/mol. The molecule has 0 aliphatic carbocycles. The third-order valence-electron chi connectivity index (χ3n) is 2.51. The lowest BCUT2D eigenvalue weighted by Crippen LogP contribution is -2.25. The maximum atomic E-state index is 11.9. The lowest BCUT2D eigenvalue weighted by atomic mass is 10.4. The zero-order valence-corrected chi connectivity index (χ0v) is 11.0. The van der Waals surface area contributed by atoms with E-state index in [4.69, 9.17) is 5.73 Å². The number of nitrogens with two attached hydrogens (primary N) is 1. The van der Waals surface area contributed by atoms with Gasteiger partial charge in [0.25, 0.3) is 0 Å². The molecule has 2 aromatic rings. The summed E-state index contributed by atoms with van der Waals surface area (Å²) in [5, 5.41) is 0. The van der Waals surface area contributed by atoms with Crippen LogP contribution in [0.1, 0.15) is 6.42 Å². The molecular weight excluding hydrogens is 266 g/mol. The van der Waals surface area contributed by atoms with Crippen LogP contribution in [0.4, 0.5) is 5.82 Å². The second-order valence-corrected chi connectivity index (χ2v) is 5.74. The third-order valence-corrected chi connectivity index (χ3v) is 3.97. The number of sulfonamides is 1. The van der Waals surface area contributed by atoms with E-state index in [0.29, 0.717) is 19.5 Å². The molecule has 19 heavy (non-hydrogen) atoms. The summed E-state index contributed by atoms with van der Waals surface area (Å²) in [6.45, 7) is 1.06. The second-order valence-electron chi connectivity index (χ2n) is 3.97. The Hall–Kier alpha value is -1.93. The molecule has 2 rings (SSSR count). The summed E-state index contributed by atoms with van der Waals surface area (Å²) in [4.78, 5) is 7.80. The third kappa shape index (κ3) is 3.76. The van der Waals surface area contributed by atoms with Crippen molar-refractivity contribution in [2.24, 2.45) is 0 Å². The molecule has 8 heteroatoms. The Morgan fingerprint density at radius 1 is 1.37 bits per heavy atom. The van der Waals surface area contributed by atoms with Crippen LogP contribution >= 0.6 is 0 Å². The van der Waals surface area contributed by atoms with E-state index in [9.17, 15) is 8.42 Å². The molecule has 0 aromatic carbocycles. The Morgan fingerprint density at radius 3 is 2.89 bits per heavy atom. The fraction of sp³-hybridized carbons (Fsp3) is 0.273. The molecule has 0 saturated carbocycles. The van der Waals surface area contributed by atoms with Crippen molar-refractivity contribution in [3.8, 4) is 0 Å². The zero-order chi connectivity index (χ0) is 13.7. The van der Waals surface area contributed by atoms with E-state index in [1.165, 1.54) is 18.3 Å². The molecule has 0 radical (unpaired) electrons. The summed E-state index contributed by atoms with van der Waals surface area (Å²) < 4.78 is 28.3. The Kier molecular flexibility index (Phi) is 4.13. The summed E-state index contributed by atoms with van der Waals surface area (Å²) in [6.07, 6.45) is 7.26. The number of aryl methyl sites for hydroxylation is 1. The number of imidazole rings is 1. The van der Waals surface area contributed by atoms with Gasteiger partial charge in [-0.1, -0.05) is 0 Å². The lowest BCUT2D eigenvalue weighted by Gasteiger charge is -2.07. The number of hydrogen-bond acceptors (Lipinski definition) is 5. The highest BCUT2D eigenvalue weighted by Crippen LogP contribution is 2.09. The van der Waals surface area contributed by atoms with Crippen LogP contribution in [0.5, 0.6) is 0 Å². The molecule has 0 amide bonds. The second kappa shape index (κ2) is 5.81. The highest BCUT2D eigenvalue weighted by molar-refractivity contribution is 7.89. The number of rotatable bonds is 6. The van der Waals surface area contributed by atoms with Gasteiger partial charge in [0.15, 0.2) is 0 Å². The quantitative estimate of drug-likeness (QED) is 0.738. The largest absolute Gasteiger partial charge is 0.384 e. The maximum Gasteiger partial charge on any atom is 0.240 e. The minimum Gasteiger partial charge on any atom is -0.384 e. The Balaban J connectivity index is 1.88. The highest BCUT2D eigenvalue weighted by Gasteiger charge is 2.13. The van der Waals surface area contributed by atoms with Crippen molar-refractivity contribution >= 4 is 15.8 Å². The van der Waals surface area contributed by atoms with Crippen molar-refractivity contribution in [2.75, 3.05) is 12.3 Å². The minimum absolute atomic E-state index is 0.127. The van der Waals surface area contributed by atoms with Crippen LogP contribution in [0, 0.1) is 0 Å². The average molecular weight is 281 g/mol. The summed E-state index contributed by atoms with van der Waals surface area (Å²) in [5.74, 6) is 0.182. The summed E-state index contributed by atoms with van der Waals surface area (Å²) in [7, 11) is -3.52.